The Morgan fingerprint density at radius 2 is 1.61 bits per heavy atom. The number of nitrogens with zero attached hydrogens (tertiary/aromatic N) is 4. The van der Waals surface area contributed by atoms with Crippen molar-refractivity contribution in [1.29, 1.82) is 15.8 Å². The second-order valence-corrected chi connectivity index (χ2v) is 5.10. The van der Waals surface area contributed by atoms with Gasteiger partial charge in [0.2, 0.25) is 10.0 Å². The zero-order chi connectivity index (χ0) is 13.6. The van der Waals surface area contributed by atoms with Gasteiger partial charge in [-0.25, -0.2) is 8.42 Å². The maximum absolute atomic E-state index is 12.2. The van der Waals surface area contributed by atoms with Crippen LogP contribution in [0.4, 0.5) is 0 Å². The van der Waals surface area contributed by atoms with Crippen molar-refractivity contribution in [3.63, 3.8) is 0 Å². The predicted octanol–water partition coefficient (Wildman–Crippen LogP) is 0.596. The molecule has 7 heteroatoms. The highest BCUT2D eigenvalue weighted by atomic mass is 32.2. The quantitative estimate of drug-likeness (QED) is 0.736. The Labute approximate surface area is 105 Å². The third-order valence-corrected chi connectivity index (χ3v) is 3.97. The average molecular weight is 260 g/mol. The molecule has 0 spiro atoms. The second-order valence-electron chi connectivity index (χ2n) is 3.20. The van der Waals surface area contributed by atoms with Crippen LogP contribution in [-0.4, -0.2) is 25.8 Å². The minimum absolute atomic E-state index is 0.0154. The SMILES string of the molecule is N#CCN(CC#N)S(=O)(=O)c1ccccc1C#N. The van der Waals surface area contributed by atoms with Gasteiger partial charge in [-0.2, -0.15) is 20.1 Å². The first-order valence-electron chi connectivity index (χ1n) is 4.81. The number of hydrogen-bond acceptors (Lipinski definition) is 5. The van der Waals surface area contributed by atoms with Gasteiger partial charge in [-0.1, -0.05) is 12.1 Å². The number of sulfonamides is 1. The van der Waals surface area contributed by atoms with Gasteiger partial charge in [0.1, 0.15) is 24.1 Å². The van der Waals surface area contributed by atoms with Crippen LogP contribution in [0.5, 0.6) is 0 Å². The molecule has 0 aliphatic rings. The van der Waals surface area contributed by atoms with Gasteiger partial charge in [-0.15, -0.1) is 0 Å². The van der Waals surface area contributed by atoms with E-state index in [1.165, 1.54) is 24.3 Å². The third kappa shape index (κ3) is 2.64. The summed E-state index contributed by atoms with van der Waals surface area (Å²) < 4.78 is 25.1. The molecule has 6 nitrogen and oxygen atoms in total. The van der Waals surface area contributed by atoms with Crippen LogP contribution in [0.15, 0.2) is 29.2 Å². The molecule has 0 fully saturated rings. The maximum Gasteiger partial charge on any atom is 0.246 e. The summed E-state index contributed by atoms with van der Waals surface area (Å²) in [7, 11) is -4.00. The van der Waals surface area contributed by atoms with Crippen LogP contribution in [-0.2, 0) is 10.0 Å². The Kier molecular flexibility index (Phi) is 4.39. The zero-order valence-electron chi connectivity index (χ0n) is 9.24. The Bertz CT molecular complexity index is 646. The summed E-state index contributed by atoms with van der Waals surface area (Å²) in [6.07, 6.45) is 0. The summed E-state index contributed by atoms with van der Waals surface area (Å²) in [6.45, 7) is -0.870. The summed E-state index contributed by atoms with van der Waals surface area (Å²) in [5, 5.41) is 26.0. The Morgan fingerprint density at radius 1 is 1.06 bits per heavy atom. The lowest BCUT2D eigenvalue weighted by Gasteiger charge is -2.16. The van der Waals surface area contributed by atoms with E-state index in [0.29, 0.717) is 0 Å². The molecule has 0 N–H and O–H groups in total. The first kappa shape index (κ1) is 13.7. The predicted molar refractivity (Wildman–Crippen MR) is 61.1 cm³/mol. The molecule has 0 bridgehead atoms. The Morgan fingerprint density at radius 3 is 2.11 bits per heavy atom. The van der Waals surface area contributed by atoms with Gasteiger partial charge >= 0.3 is 0 Å². The van der Waals surface area contributed by atoms with Crippen molar-refractivity contribution in [3.8, 4) is 18.2 Å². The molecule has 1 aromatic rings. The fourth-order valence-electron chi connectivity index (χ4n) is 1.31. The Hall–Kier alpha value is -2.40. The molecule has 0 aliphatic heterocycles. The second kappa shape index (κ2) is 5.79. The van der Waals surface area contributed by atoms with Crippen molar-refractivity contribution in [2.24, 2.45) is 0 Å². The van der Waals surface area contributed by atoms with Crippen LogP contribution in [0.3, 0.4) is 0 Å². The summed E-state index contributed by atoms with van der Waals surface area (Å²) in [4.78, 5) is -0.196. The van der Waals surface area contributed by atoms with E-state index in [9.17, 15) is 8.42 Å². The maximum atomic E-state index is 12.2. The molecule has 0 atom stereocenters. The molecule has 90 valence electrons. The molecule has 0 aliphatic carbocycles. The van der Waals surface area contributed by atoms with Gasteiger partial charge in [0.05, 0.1) is 17.7 Å². The van der Waals surface area contributed by atoms with Crippen molar-refractivity contribution in [2.75, 3.05) is 13.1 Å². The van der Waals surface area contributed by atoms with Crippen LogP contribution >= 0.6 is 0 Å². The molecule has 0 heterocycles. The van der Waals surface area contributed by atoms with Crippen molar-refractivity contribution < 1.29 is 8.42 Å². The molecule has 0 unspecified atom stereocenters. The summed E-state index contributed by atoms with van der Waals surface area (Å²) in [5.74, 6) is 0. The summed E-state index contributed by atoms with van der Waals surface area (Å²) >= 11 is 0. The standard InChI is InChI=1S/C11H8N4O2S/c12-5-7-15(8-6-13)18(16,17)11-4-2-1-3-10(11)9-14/h1-4H,7-8H2. The van der Waals surface area contributed by atoms with E-state index >= 15 is 0 Å². The molecular weight excluding hydrogens is 252 g/mol. The number of nitriles is 3. The molecular formula is C11H8N4O2S. The van der Waals surface area contributed by atoms with E-state index in [1.54, 1.807) is 18.2 Å². The van der Waals surface area contributed by atoms with Crippen molar-refractivity contribution in [3.05, 3.63) is 29.8 Å². The van der Waals surface area contributed by atoms with E-state index < -0.39 is 23.1 Å². The average Bonchev–Trinajstić information content (AvgIpc) is 2.38. The fourth-order valence-corrected chi connectivity index (χ4v) is 2.68. The smallest absolute Gasteiger partial charge is 0.207 e. The number of benzene rings is 1. The van der Waals surface area contributed by atoms with Crippen LogP contribution in [0.2, 0.25) is 0 Å². The van der Waals surface area contributed by atoms with Crippen molar-refractivity contribution in [1.82, 2.24) is 4.31 Å². The van der Waals surface area contributed by atoms with E-state index in [1.807, 2.05) is 0 Å². The normalized spacial score (nSPS) is 10.3. The summed E-state index contributed by atoms with van der Waals surface area (Å²) in [5.41, 5.74) is -0.0154. The molecule has 0 radical (unpaired) electrons. The van der Waals surface area contributed by atoms with Crippen LogP contribution in [0.1, 0.15) is 5.56 Å². The fraction of sp³-hybridized carbons (Fsp3) is 0.182. The third-order valence-electron chi connectivity index (χ3n) is 2.12. The highest BCUT2D eigenvalue weighted by Gasteiger charge is 2.26. The van der Waals surface area contributed by atoms with Crippen LogP contribution in [0.25, 0.3) is 0 Å². The molecule has 1 aromatic carbocycles. The van der Waals surface area contributed by atoms with E-state index in [2.05, 4.69) is 0 Å². The lowest BCUT2D eigenvalue weighted by atomic mass is 10.2. The lowest BCUT2D eigenvalue weighted by Crippen LogP contribution is -2.32. The van der Waals surface area contributed by atoms with Crippen molar-refractivity contribution in [2.45, 2.75) is 4.90 Å². The first-order valence-corrected chi connectivity index (χ1v) is 6.25. The van der Waals surface area contributed by atoms with Gasteiger partial charge < -0.3 is 0 Å². The largest absolute Gasteiger partial charge is 0.246 e. The van der Waals surface area contributed by atoms with E-state index in [0.717, 1.165) is 4.31 Å². The summed E-state index contributed by atoms with van der Waals surface area (Å²) in [6, 6.07) is 10.8. The molecule has 0 aromatic heterocycles. The highest BCUT2D eigenvalue weighted by Crippen LogP contribution is 2.19. The molecule has 18 heavy (non-hydrogen) atoms. The van der Waals surface area contributed by atoms with Crippen LogP contribution < -0.4 is 0 Å². The van der Waals surface area contributed by atoms with Crippen LogP contribution in [0, 0.1) is 34.0 Å². The van der Waals surface area contributed by atoms with Crippen molar-refractivity contribution >= 4 is 10.0 Å². The molecule has 0 saturated carbocycles. The number of rotatable bonds is 4. The molecule has 1 rings (SSSR count). The minimum atomic E-state index is -4.00. The van der Waals surface area contributed by atoms with Gasteiger partial charge in [-0.05, 0) is 12.1 Å². The monoisotopic (exact) mass is 260 g/mol. The minimum Gasteiger partial charge on any atom is -0.207 e. The lowest BCUT2D eigenvalue weighted by molar-refractivity contribution is 0.479. The van der Waals surface area contributed by atoms with E-state index in [-0.39, 0.29) is 10.5 Å². The highest BCUT2D eigenvalue weighted by molar-refractivity contribution is 7.89. The molecule has 0 saturated heterocycles. The molecule has 0 amide bonds. The zero-order valence-corrected chi connectivity index (χ0v) is 10.1. The first-order chi connectivity index (χ1) is 8.57. The van der Waals surface area contributed by atoms with Gasteiger partial charge in [0.15, 0.2) is 0 Å². The topological polar surface area (TPSA) is 109 Å². The van der Waals surface area contributed by atoms with Gasteiger partial charge in [-0.3, -0.25) is 0 Å². The van der Waals surface area contributed by atoms with Gasteiger partial charge in [0, 0.05) is 0 Å². The Balaban J connectivity index is 3.33. The number of hydrogen-bond donors (Lipinski definition) is 0. The van der Waals surface area contributed by atoms with Gasteiger partial charge in [0.25, 0.3) is 0 Å². The van der Waals surface area contributed by atoms with E-state index in [4.69, 9.17) is 15.8 Å².